The van der Waals surface area contributed by atoms with E-state index in [-0.39, 0.29) is 12.2 Å². The molecule has 0 saturated carbocycles. The number of rotatable bonds is 4. The van der Waals surface area contributed by atoms with Crippen LogP contribution in [0, 0.1) is 10.1 Å². The van der Waals surface area contributed by atoms with E-state index in [9.17, 15) is 14.9 Å². The Morgan fingerprint density at radius 2 is 2.04 bits per heavy atom. The molecule has 0 fully saturated rings. The molecule has 1 amide bonds. The first kappa shape index (κ1) is 16.8. The highest BCUT2D eigenvalue weighted by molar-refractivity contribution is 5.68. The Morgan fingerprint density at radius 3 is 2.76 bits per heavy atom. The summed E-state index contributed by atoms with van der Waals surface area (Å²) in [5, 5.41) is 13.7. The first-order valence-corrected chi connectivity index (χ1v) is 7.99. The summed E-state index contributed by atoms with van der Waals surface area (Å²) in [7, 11) is 1.28. The molecule has 0 unspecified atom stereocenters. The Morgan fingerprint density at radius 1 is 1.28 bits per heavy atom. The molecule has 1 heterocycles. The van der Waals surface area contributed by atoms with Gasteiger partial charge in [-0.15, -0.1) is 0 Å². The van der Waals surface area contributed by atoms with Gasteiger partial charge >= 0.3 is 6.09 Å². The van der Waals surface area contributed by atoms with Crippen LogP contribution >= 0.6 is 0 Å². The Hall–Kier alpha value is -3.09. The van der Waals surface area contributed by atoms with Gasteiger partial charge < -0.3 is 15.0 Å². The van der Waals surface area contributed by atoms with Crippen LogP contribution in [0.25, 0.3) is 0 Å². The second-order valence-corrected chi connectivity index (χ2v) is 5.86. The van der Waals surface area contributed by atoms with Crippen LogP contribution in [-0.2, 0) is 24.2 Å². The van der Waals surface area contributed by atoms with Crippen LogP contribution in [-0.4, -0.2) is 24.7 Å². The second kappa shape index (κ2) is 7.21. The van der Waals surface area contributed by atoms with Gasteiger partial charge in [-0.25, -0.2) is 4.79 Å². The number of carbonyl (C=O) groups is 1. The highest BCUT2D eigenvalue weighted by Gasteiger charge is 2.20. The van der Waals surface area contributed by atoms with Crippen molar-refractivity contribution in [3.05, 3.63) is 69.3 Å². The Balaban J connectivity index is 1.89. The van der Waals surface area contributed by atoms with Crippen molar-refractivity contribution < 1.29 is 14.5 Å². The number of nitro benzene ring substituents is 1. The largest absolute Gasteiger partial charge is 0.453 e. The van der Waals surface area contributed by atoms with Crippen molar-refractivity contribution >= 4 is 17.5 Å². The number of hydrogen-bond acceptors (Lipinski definition) is 5. The van der Waals surface area contributed by atoms with Crippen LogP contribution in [0.3, 0.4) is 0 Å². The first-order chi connectivity index (χ1) is 12.1. The zero-order chi connectivity index (χ0) is 17.8. The van der Waals surface area contributed by atoms with E-state index in [0.717, 1.165) is 25.2 Å². The topological polar surface area (TPSA) is 84.7 Å². The van der Waals surface area contributed by atoms with E-state index in [0.29, 0.717) is 5.56 Å². The van der Waals surface area contributed by atoms with Gasteiger partial charge in [0.15, 0.2) is 0 Å². The molecule has 7 nitrogen and oxygen atoms in total. The number of nitrogens with one attached hydrogen (secondary N) is 1. The fourth-order valence-corrected chi connectivity index (χ4v) is 3.08. The van der Waals surface area contributed by atoms with E-state index in [1.807, 2.05) is 12.1 Å². The number of nitrogens with zero attached hydrogens (tertiary/aromatic N) is 2. The van der Waals surface area contributed by atoms with Crippen LogP contribution in [0.2, 0.25) is 0 Å². The molecular formula is C18H19N3O4. The molecule has 1 aliphatic heterocycles. The predicted molar refractivity (Wildman–Crippen MR) is 93.5 cm³/mol. The molecule has 0 bridgehead atoms. The normalized spacial score (nSPS) is 13.1. The van der Waals surface area contributed by atoms with E-state index in [1.165, 1.54) is 30.4 Å². The second-order valence-electron chi connectivity index (χ2n) is 5.86. The molecule has 2 aromatic rings. The third-order valence-electron chi connectivity index (χ3n) is 4.35. The lowest BCUT2D eigenvalue weighted by molar-refractivity contribution is -0.384. The van der Waals surface area contributed by atoms with Gasteiger partial charge in [0, 0.05) is 43.0 Å². The number of anilines is 1. The summed E-state index contributed by atoms with van der Waals surface area (Å²) in [6.07, 6.45) is 0.346. The number of nitro groups is 1. The molecule has 0 saturated heterocycles. The molecular weight excluding hydrogens is 322 g/mol. The molecule has 0 aliphatic carbocycles. The zero-order valence-electron chi connectivity index (χ0n) is 13.9. The molecule has 2 aromatic carbocycles. The van der Waals surface area contributed by atoms with E-state index >= 15 is 0 Å². The summed E-state index contributed by atoms with van der Waals surface area (Å²) in [5.74, 6) is 0. The van der Waals surface area contributed by atoms with Crippen molar-refractivity contribution in [2.45, 2.75) is 19.5 Å². The van der Waals surface area contributed by atoms with Crippen LogP contribution in [0.15, 0.2) is 42.5 Å². The van der Waals surface area contributed by atoms with Crippen molar-refractivity contribution in [1.29, 1.82) is 0 Å². The van der Waals surface area contributed by atoms with Crippen LogP contribution in [0.5, 0.6) is 0 Å². The Kier molecular flexibility index (Phi) is 4.83. The minimum absolute atomic E-state index is 0.00262. The molecule has 1 aliphatic rings. The maximum atomic E-state index is 11.4. The molecule has 7 heteroatoms. The monoisotopic (exact) mass is 341 g/mol. The third kappa shape index (κ3) is 3.71. The Bertz CT molecular complexity index is 807. The number of hydrogen-bond donors (Lipinski definition) is 1. The molecule has 130 valence electrons. The zero-order valence-corrected chi connectivity index (χ0v) is 13.9. The molecule has 0 atom stereocenters. The van der Waals surface area contributed by atoms with Gasteiger partial charge in [0.1, 0.15) is 0 Å². The van der Waals surface area contributed by atoms with E-state index < -0.39 is 11.0 Å². The molecule has 0 radical (unpaired) electrons. The average molecular weight is 341 g/mol. The van der Waals surface area contributed by atoms with Crippen LogP contribution < -0.4 is 10.2 Å². The van der Waals surface area contributed by atoms with Gasteiger partial charge in [-0.3, -0.25) is 10.1 Å². The summed E-state index contributed by atoms with van der Waals surface area (Å²) in [5.41, 5.74) is 4.16. The molecule has 25 heavy (non-hydrogen) atoms. The number of non-ortho nitro benzene ring substituents is 1. The number of alkyl carbamates (subject to hydrolysis) is 1. The molecule has 0 aromatic heterocycles. The van der Waals surface area contributed by atoms with Gasteiger partial charge in [0.2, 0.25) is 0 Å². The standard InChI is InChI=1S/C18H19N3O4/c1-25-18(22)19-11-15-10-16(21(23)24)6-7-17(15)20-9-8-13-4-2-3-5-14(13)12-20/h2-7,10H,8-9,11-12H2,1H3,(H,19,22). The number of methoxy groups -OCH3 is 1. The number of carbonyl (C=O) groups excluding carboxylic acids is 1. The minimum Gasteiger partial charge on any atom is -0.453 e. The summed E-state index contributed by atoms with van der Waals surface area (Å²) >= 11 is 0. The van der Waals surface area contributed by atoms with Crippen LogP contribution in [0.1, 0.15) is 16.7 Å². The van der Waals surface area contributed by atoms with E-state index in [1.54, 1.807) is 6.07 Å². The lowest BCUT2D eigenvalue weighted by Crippen LogP contribution is -2.32. The number of ether oxygens (including phenoxy) is 1. The number of fused-ring (bicyclic) bond motifs is 1. The van der Waals surface area contributed by atoms with Crippen molar-refractivity contribution in [3.8, 4) is 0 Å². The fraction of sp³-hybridized carbons (Fsp3) is 0.278. The maximum Gasteiger partial charge on any atom is 0.407 e. The molecule has 1 N–H and O–H groups in total. The number of amides is 1. The maximum absolute atomic E-state index is 11.4. The lowest BCUT2D eigenvalue weighted by Gasteiger charge is -2.32. The van der Waals surface area contributed by atoms with Crippen molar-refractivity contribution in [3.63, 3.8) is 0 Å². The minimum atomic E-state index is -0.568. The summed E-state index contributed by atoms with van der Waals surface area (Å²) in [6.45, 7) is 1.72. The predicted octanol–water partition coefficient (Wildman–Crippen LogP) is 3.01. The van der Waals surface area contributed by atoms with E-state index in [4.69, 9.17) is 0 Å². The van der Waals surface area contributed by atoms with Gasteiger partial charge in [-0.05, 0) is 23.6 Å². The average Bonchev–Trinajstić information content (AvgIpc) is 2.65. The highest BCUT2D eigenvalue weighted by atomic mass is 16.6. The van der Waals surface area contributed by atoms with Gasteiger partial charge in [0.25, 0.3) is 5.69 Å². The number of benzene rings is 2. The Labute approximate surface area is 145 Å². The quantitative estimate of drug-likeness (QED) is 0.682. The first-order valence-electron chi connectivity index (χ1n) is 7.99. The van der Waals surface area contributed by atoms with Crippen LogP contribution in [0.4, 0.5) is 16.2 Å². The fourth-order valence-electron chi connectivity index (χ4n) is 3.08. The molecule has 3 rings (SSSR count). The van der Waals surface area contributed by atoms with Crippen molar-refractivity contribution in [2.24, 2.45) is 0 Å². The summed E-state index contributed by atoms with van der Waals surface area (Å²) in [4.78, 5) is 24.2. The van der Waals surface area contributed by atoms with E-state index in [2.05, 4.69) is 27.1 Å². The van der Waals surface area contributed by atoms with Crippen molar-refractivity contribution in [1.82, 2.24) is 5.32 Å². The summed E-state index contributed by atoms with van der Waals surface area (Å²) < 4.78 is 4.58. The lowest BCUT2D eigenvalue weighted by atomic mass is 9.98. The SMILES string of the molecule is COC(=O)NCc1cc([N+](=O)[O-])ccc1N1CCc2ccccc2C1. The van der Waals surface area contributed by atoms with Gasteiger partial charge in [0.05, 0.1) is 12.0 Å². The van der Waals surface area contributed by atoms with Crippen molar-refractivity contribution in [2.75, 3.05) is 18.6 Å². The smallest absolute Gasteiger partial charge is 0.407 e. The molecule has 0 spiro atoms. The third-order valence-corrected chi connectivity index (χ3v) is 4.35. The summed E-state index contributed by atoms with van der Waals surface area (Å²) in [6, 6.07) is 13.0. The highest BCUT2D eigenvalue weighted by Crippen LogP contribution is 2.30. The van der Waals surface area contributed by atoms with Gasteiger partial charge in [-0.1, -0.05) is 24.3 Å². The van der Waals surface area contributed by atoms with Gasteiger partial charge in [-0.2, -0.15) is 0 Å².